The van der Waals surface area contributed by atoms with Gasteiger partial charge in [0.15, 0.2) is 0 Å². The second kappa shape index (κ2) is 8.74. The molecular formula is C12H21Cl2N3OS. The van der Waals surface area contributed by atoms with E-state index in [0.717, 1.165) is 36.6 Å². The summed E-state index contributed by atoms with van der Waals surface area (Å²) in [7, 11) is 1.90. The van der Waals surface area contributed by atoms with Gasteiger partial charge in [0.25, 0.3) is 0 Å². The lowest BCUT2D eigenvalue weighted by molar-refractivity contribution is -0.130. The van der Waals surface area contributed by atoms with Crippen LogP contribution in [0.3, 0.4) is 0 Å². The van der Waals surface area contributed by atoms with E-state index in [9.17, 15) is 4.79 Å². The first-order valence-electron chi connectivity index (χ1n) is 6.10. The van der Waals surface area contributed by atoms with Crippen LogP contribution in [0.25, 0.3) is 0 Å². The molecule has 4 nitrogen and oxygen atoms in total. The molecule has 0 saturated carbocycles. The third-order valence-corrected chi connectivity index (χ3v) is 4.25. The van der Waals surface area contributed by atoms with Crippen molar-refractivity contribution in [2.75, 3.05) is 20.1 Å². The predicted octanol–water partition coefficient (Wildman–Crippen LogP) is 1.91. The van der Waals surface area contributed by atoms with Crippen LogP contribution in [0, 0.1) is 0 Å². The number of likely N-dealkylation sites (N-methyl/N-ethyl adjacent to an activating group) is 1. The highest BCUT2D eigenvalue weighted by Gasteiger charge is 2.23. The first kappa shape index (κ1) is 18.6. The van der Waals surface area contributed by atoms with Gasteiger partial charge in [0.05, 0.1) is 17.1 Å². The second-order valence-electron chi connectivity index (χ2n) is 4.41. The molecule has 0 spiro atoms. The fourth-order valence-electron chi connectivity index (χ4n) is 2.05. The Balaban J connectivity index is 0.00000162. The van der Waals surface area contributed by atoms with Gasteiger partial charge < -0.3 is 10.2 Å². The van der Waals surface area contributed by atoms with Gasteiger partial charge in [-0.1, -0.05) is 6.92 Å². The highest BCUT2D eigenvalue weighted by atomic mass is 35.5. The number of hydrogen-bond donors (Lipinski definition) is 1. The number of amides is 1. The van der Waals surface area contributed by atoms with Gasteiger partial charge >= 0.3 is 0 Å². The average Bonchev–Trinajstić information content (AvgIpc) is 2.98. The van der Waals surface area contributed by atoms with Crippen molar-refractivity contribution in [3.8, 4) is 0 Å². The first-order valence-corrected chi connectivity index (χ1v) is 6.98. The normalized spacial score (nSPS) is 17.5. The average molecular weight is 326 g/mol. The molecule has 1 aromatic rings. The Morgan fingerprint density at radius 2 is 2.32 bits per heavy atom. The Kier molecular flexibility index (Phi) is 8.57. The van der Waals surface area contributed by atoms with Gasteiger partial charge in [-0.2, -0.15) is 0 Å². The van der Waals surface area contributed by atoms with Crippen LogP contribution in [0.4, 0.5) is 0 Å². The molecule has 1 aliphatic rings. The monoisotopic (exact) mass is 325 g/mol. The molecule has 1 aliphatic heterocycles. The van der Waals surface area contributed by atoms with E-state index < -0.39 is 0 Å². The van der Waals surface area contributed by atoms with Crippen LogP contribution in [0.1, 0.15) is 24.0 Å². The minimum Gasteiger partial charge on any atom is -0.341 e. The Morgan fingerprint density at radius 3 is 2.84 bits per heavy atom. The number of halogens is 2. The molecule has 0 bridgehead atoms. The number of rotatable bonds is 4. The zero-order valence-corrected chi connectivity index (χ0v) is 13.7. The summed E-state index contributed by atoms with van der Waals surface area (Å²) in [6.07, 6.45) is 2.43. The summed E-state index contributed by atoms with van der Waals surface area (Å²) in [5, 5.41) is 6.38. The summed E-state index contributed by atoms with van der Waals surface area (Å²) in [5.41, 5.74) is 0.912. The van der Waals surface area contributed by atoms with E-state index in [1.165, 1.54) is 0 Å². The molecule has 1 aromatic heterocycles. The number of hydrogen-bond acceptors (Lipinski definition) is 4. The van der Waals surface area contributed by atoms with Crippen molar-refractivity contribution in [3.63, 3.8) is 0 Å². The molecule has 0 aromatic carbocycles. The number of nitrogens with zero attached hydrogens (tertiary/aromatic N) is 2. The van der Waals surface area contributed by atoms with Crippen molar-refractivity contribution in [2.45, 2.75) is 32.2 Å². The van der Waals surface area contributed by atoms with Crippen molar-refractivity contribution in [3.05, 3.63) is 16.1 Å². The van der Waals surface area contributed by atoms with Crippen LogP contribution in [-0.4, -0.2) is 42.0 Å². The molecule has 1 amide bonds. The topological polar surface area (TPSA) is 45.2 Å². The van der Waals surface area contributed by atoms with Crippen LogP contribution >= 0.6 is 36.2 Å². The molecule has 2 rings (SSSR count). The first-order chi connectivity index (χ1) is 8.20. The fourth-order valence-corrected chi connectivity index (χ4v) is 2.79. The molecule has 19 heavy (non-hydrogen) atoms. The van der Waals surface area contributed by atoms with Crippen LogP contribution in [0.15, 0.2) is 5.38 Å². The zero-order chi connectivity index (χ0) is 12.3. The van der Waals surface area contributed by atoms with Gasteiger partial charge in [0.1, 0.15) is 0 Å². The lowest BCUT2D eigenvalue weighted by Crippen LogP contribution is -2.39. The van der Waals surface area contributed by atoms with Gasteiger partial charge in [0.2, 0.25) is 5.91 Å². The minimum atomic E-state index is 0. The number of nitrogens with one attached hydrogen (secondary N) is 1. The Hall–Kier alpha value is -0.360. The van der Waals surface area contributed by atoms with E-state index in [1.807, 2.05) is 17.3 Å². The Morgan fingerprint density at radius 1 is 1.58 bits per heavy atom. The van der Waals surface area contributed by atoms with Crippen molar-refractivity contribution in [1.29, 1.82) is 0 Å². The molecule has 1 N–H and O–H groups in total. The van der Waals surface area contributed by atoms with Crippen LogP contribution in [-0.2, 0) is 17.6 Å². The third kappa shape index (κ3) is 4.91. The summed E-state index contributed by atoms with van der Waals surface area (Å²) in [6.45, 7) is 4.01. The number of carbonyl (C=O) groups is 1. The second-order valence-corrected chi connectivity index (χ2v) is 5.36. The van der Waals surface area contributed by atoms with Crippen LogP contribution in [0.5, 0.6) is 0 Å². The lowest BCUT2D eigenvalue weighted by atomic mass is 10.2. The Bertz CT molecular complexity index is 394. The maximum atomic E-state index is 12.1. The molecule has 1 fully saturated rings. The third-order valence-electron chi connectivity index (χ3n) is 3.21. The number of aryl methyl sites for hydroxylation is 1. The highest BCUT2D eigenvalue weighted by Crippen LogP contribution is 2.13. The van der Waals surface area contributed by atoms with Gasteiger partial charge in [-0.05, 0) is 19.4 Å². The predicted molar refractivity (Wildman–Crippen MR) is 83.7 cm³/mol. The fraction of sp³-hybridized carbons (Fsp3) is 0.667. The summed E-state index contributed by atoms with van der Waals surface area (Å²) < 4.78 is 0. The summed E-state index contributed by atoms with van der Waals surface area (Å²) in [6, 6.07) is 0.354. The number of aromatic nitrogens is 1. The molecule has 2 heterocycles. The molecule has 7 heteroatoms. The highest BCUT2D eigenvalue weighted by molar-refractivity contribution is 7.09. The van der Waals surface area contributed by atoms with Crippen molar-refractivity contribution >= 4 is 42.1 Å². The molecule has 1 unspecified atom stereocenters. The van der Waals surface area contributed by atoms with Gasteiger partial charge in [-0.3, -0.25) is 4.79 Å². The van der Waals surface area contributed by atoms with Gasteiger partial charge in [-0.15, -0.1) is 36.2 Å². The number of carbonyl (C=O) groups excluding carboxylic acids is 1. The quantitative estimate of drug-likeness (QED) is 0.919. The van der Waals surface area contributed by atoms with Crippen molar-refractivity contribution in [2.24, 2.45) is 0 Å². The van der Waals surface area contributed by atoms with Gasteiger partial charge in [0, 0.05) is 25.0 Å². The molecule has 1 saturated heterocycles. The van der Waals surface area contributed by atoms with E-state index in [1.54, 1.807) is 11.3 Å². The summed E-state index contributed by atoms with van der Waals surface area (Å²) in [4.78, 5) is 18.4. The summed E-state index contributed by atoms with van der Waals surface area (Å²) >= 11 is 1.64. The van der Waals surface area contributed by atoms with E-state index in [-0.39, 0.29) is 30.7 Å². The Labute approximate surface area is 130 Å². The summed E-state index contributed by atoms with van der Waals surface area (Å²) in [5.74, 6) is 0.173. The minimum absolute atomic E-state index is 0. The molecule has 0 aliphatic carbocycles. The van der Waals surface area contributed by atoms with Gasteiger partial charge in [-0.25, -0.2) is 4.98 Å². The van der Waals surface area contributed by atoms with E-state index >= 15 is 0 Å². The maximum Gasteiger partial charge on any atom is 0.228 e. The van der Waals surface area contributed by atoms with Crippen molar-refractivity contribution in [1.82, 2.24) is 15.2 Å². The standard InChI is InChI=1S/C12H19N3OS.2ClH/c1-3-11-14-9(8-17-11)6-12(16)15(2)10-4-5-13-7-10;;/h8,10,13H,3-7H2,1-2H3;2*1H. The van der Waals surface area contributed by atoms with Crippen LogP contribution in [0.2, 0.25) is 0 Å². The SMILES string of the molecule is CCc1nc(CC(=O)N(C)C2CCNC2)cs1.Cl.Cl. The van der Waals surface area contributed by atoms with E-state index in [2.05, 4.69) is 17.2 Å². The molecule has 0 radical (unpaired) electrons. The molecular weight excluding hydrogens is 305 g/mol. The van der Waals surface area contributed by atoms with E-state index in [4.69, 9.17) is 0 Å². The van der Waals surface area contributed by atoms with E-state index in [0.29, 0.717) is 12.5 Å². The molecule has 110 valence electrons. The number of thiazole rings is 1. The van der Waals surface area contributed by atoms with Crippen molar-refractivity contribution < 1.29 is 4.79 Å². The smallest absolute Gasteiger partial charge is 0.228 e. The largest absolute Gasteiger partial charge is 0.341 e. The van der Waals surface area contributed by atoms with Crippen LogP contribution < -0.4 is 5.32 Å². The molecule has 1 atom stereocenters. The zero-order valence-electron chi connectivity index (χ0n) is 11.2. The lowest BCUT2D eigenvalue weighted by Gasteiger charge is -2.23. The maximum absolute atomic E-state index is 12.1.